The highest BCUT2D eigenvalue weighted by Gasteiger charge is 2.49. The predicted molar refractivity (Wildman–Crippen MR) is 145 cm³/mol. The van der Waals surface area contributed by atoms with Gasteiger partial charge in [-0.2, -0.15) is 5.10 Å². The molecule has 10 nitrogen and oxygen atoms in total. The van der Waals surface area contributed by atoms with Crippen molar-refractivity contribution >= 4 is 17.5 Å². The number of carbonyl (C=O) groups excluding carboxylic acids is 2. The third kappa shape index (κ3) is 4.37. The van der Waals surface area contributed by atoms with Crippen molar-refractivity contribution in [2.45, 2.75) is 19.3 Å². The lowest BCUT2D eigenvalue weighted by atomic mass is 9.77. The number of nitrogens with one attached hydrogen (secondary N) is 1. The summed E-state index contributed by atoms with van der Waals surface area (Å²) in [6.07, 6.45) is 9.94. The molecule has 2 saturated heterocycles. The van der Waals surface area contributed by atoms with Crippen LogP contribution in [-0.4, -0.2) is 63.2 Å². The fraction of sp³-hybridized carbons (Fsp3) is 0.276. The molecule has 2 aliphatic rings. The van der Waals surface area contributed by atoms with Crippen molar-refractivity contribution in [1.29, 1.82) is 0 Å². The Labute approximate surface area is 224 Å². The third-order valence-corrected chi connectivity index (χ3v) is 7.94. The number of likely N-dealkylation sites (tertiary alicyclic amines) is 1. The second-order valence-corrected chi connectivity index (χ2v) is 9.98. The van der Waals surface area contributed by atoms with Crippen LogP contribution in [-0.2, 0) is 4.79 Å². The summed E-state index contributed by atoms with van der Waals surface area (Å²) in [6, 6.07) is 12.8. The SMILES string of the molecule is COc1cc(N2CCC3(CCN(C(=O)c4ccc(-n5ccncc5=O)cc4)CC3)C2=O)ccc1-c1cn[nH]c1. The summed E-state index contributed by atoms with van der Waals surface area (Å²) in [7, 11) is 1.62. The number of H-pyrrole nitrogens is 1. The van der Waals surface area contributed by atoms with Gasteiger partial charge in [-0.15, -0.1) is 0 Å². The van der Waals surface area contributed by atoms with Gasteiger partial charge in [0.05, 0.1) is 24.9 Å². The number of benzene rings is 2. The normalized spacial score (nSPS) is 16.6. The highest BCUT2D eigenvalue weighted by atomic mass is 16.5. The molecule has 4 heterocycles. The largest absolute Gasteiger partial charge is 0.496 e. The maximum atomic E-state index is 13.7. The average Bonchev–Trinajstić information content (AvgIpc) is 3.62. The molecule has 2 fully saturated rings. The fourth-order valence-electron chi connectivity index (χ4n) is 5.66. The summed E-state index contributed by atoms with van der Waals surface area (Å²) < 4.78 is 7.10. The Bertz CT molecular complexity index is 1570. The topological polar surface area (TPSA) is 113 Å². The predicted octanol–water partition coefficient (Wildman–Crippen LogP) is 3.29. The molecule has 2 aromatic carbocycles. The lowest BCUT2D eigenvalue weighted by Crippen LogP contribution is -2.46. The molecule has 2 aromatic heterocycles. The van der Waals surface area contributed by atoms with Gasteiger partial charge in [0.2, 0.25) is 5.91 Å². The number of anilines is 1. The first-order valence-corrected chi connectivity index (χ1v) is 12.9. The molecule has 0 bridgehead atoms. The summed E-state index contributed by atoms with van der Waals surface area (Å²) in [6.45, 7) is 1.68. The quantitative estimate of drug-likeness (QED) is 0.429. The van der Waals surface area contributed by atoms with E-state index < -0.39 is 5.41 Å². The number of methoxy groups -OCH3 is 1. The standard InChI is InChI=1S/C29H28N6O4/c1-39-25-16-23(6-7-24(25)21-17-31-32-18-21)35-14-10-29(28(35)38)8-12-33(13-9-29)27(37)20-2-4-22(5-3-20)34-15-11-30-19-26(34)36/h2-7,11,15-19H,8-10,12-14H2,1H3,(H,31,32). The monoisotopic (exact) mass is 524 g/mol. The fourth-order valence-corrected chi connectivity index (χ4v) is 5.66. The molecule has 0 saturated carbocycles. The second-order valence-electron chi connectivity index (χ2n) is 9.98. The molecule has 6 rings (SSSR count). The summed E-state index contributed by atoms with van der Waals surface area (Å²) in [5.74, 6) is 0.725. The van der Waals surface area contributed by atoms with Gasteiger partial charge < -0.3 is 14.5 Å². The number of aromatic nitrogens is 4. The van der Waals surface area contributed by atoms with Crippen molar-refractivity contribution in [3.63, 3.8) is 0 Å². The maximum Gasteiger partial charge on any atom is 0.273 e. The Hall–Kier alpha value is -4.73. The van der Waals surface area contributed by atoms with E-state index in [2.05, 4.69) is 15.2 Å². The number of piperidine rings is 1. The molecular weight excluding hydrogens is 496 g/mol. The van der Waals surface area contributed by atoms with Crippen molar-refractivity contribution in [3.05, 3.63) is 89.4 Å². The van der Waals surface area contributed by atoms with Gasteiger partial charge in [0.1, 0.15) is 5.75 Å². The van der Waals surface area contributed by atoms with Crippen LogP contribution < -0.4 is 15.2 Å². The van der Waals surface area contributed by atoms with Crippen molar-refractivity contribution in [3.8, 4) is 22.6 Å². The van der Waals surface area contributed by atoms with Gasteiger partial charge in [-0.3, -0.25) is 29.0 Å². The van der Waals surface area contributed by atoms with Crippen LogP contribution in [0, 0.1) is 5.41 Å². The molecule has 1 N–H and O–H groups in total. The molecule has 0 atom stereocenters. The van der Waals surface area contributed by atoms with Gasteiger partial charge in [0.15, 0.2) is 0 Å². The van der Waals surface area contributed by atoms with E-state index in [1.54, 1.807) is 56.2 Å². The smallest absolute Gasteiger partial charge is 0.273 e. The zero-order valence-electron chi connectivity index (χ0n) is 21.5. The molecule has 4 aromatic rings. The molecule has 39 heavy (non-hydrogen) atoms. The van der Waals surface area contributed by atoms with E-state index in [0.717, 1.165) is 23.2 Å². The van der Waals surface area contributed by atoms with Crippen LogP contribution in [0.1, 0.15) is 29.6 Å². The van der Waals surface area contributed by atoms with Crippen molar-refractivity contribution in [2.24, 2.45) is 5.41 Å². The number of hydrogen-bond donors (Lipinski definition) is 1. The summed E-state index contributed by atoms with van der Waals surface area (Å²) in [4.78, 5) is 46.4. The summed E-state index contributed by atoms with van der Waals surface area (Å²) in [5.41, 5.74) is 3.17. The van der Waals surface area contributed by atoms with Gasteiger partial charge in [0, 0.05) is 72.4 Å². The van der Waals surface area contributed by atoms with Crippen LogP contribution in [0.25, 0.3) is 16.8 Å². The molecule has 0 unspecified atom stereocenters. The van der Waals surface area contributed by atoms with Gasteiger partial charge in [-0.1, -0.05) is 0 Å². The van der Waals surface area contributed by atoms with Crippen LogP contribution in [0.2, 0.25) is 0 Å². The second kappa shape index (κ2) is 9.86. The van der Waals surface area contributed by atoms with E-state index >= 15 is 0 Å². The minimum atomic E-state index is -0.459. The lowest BCUT2D eigenvalue weighted by Gasteiger charge is -2.38. The minimum Gasteiger partial charge on any atom is -0.496 e. The van der Waals surface area contributed by atoms with Crippen molar-refractivity contribution in [2.75, 3.05) is 31.6 Å². The summed E-state index contributed by atoms with van der Waals surface area (Å²) >= 11 is 0. The molecule has 10 heteroatoms. The Kier molecular flexibility index (Phi) is 6.22. The van der Waals surface area contributed by atoms with Crippen molar-refractivity contribution in [1.82, 2.24) is 24.6 Å². The highest BCUT2D eigenvalue weighted by molar-refractivity contribution is 6.01. The molecule has 198 valence electrons. The number of ether oxygens (including phenoxy) is 1. The molecular formula is C29H28N6O4. The van der Waals surface area contributed by atoms with Gasteiger partial charge in [-0.05, 0) is 55.7 Å². The highest BCUT2D eigenvalue weighted by Crippen LogP contribution is 2.44. The number of rotatable bonds is 5. The van der Waals surface area contributed by atoms with Crippen LogP contribution in [0.15, 0.2) is 78.2 Å². The average molecular weight is 525 g/mol. The Morgan fingerprint density at radius 3 is 2.41 bits per heavy atom. The number of hydrogen-bond acceptors (Lipinski definition) is 6. The zero-order valence-corrected chi connectivity index (χ0v) is 21.5. The van der Waals surface area contributed by atoms with Gasteiger partial charge in [0.25, 0.3) is 11.5 Å². The van der Waals surface area contributed by atoms with E-state index in [-0.39, 0.29) is 17.4 Å². The molecule has 0 radical (unpaired) electrons. The Morgan fingerprint density at radius 2 is 1.72 bits per heavy atom. The van der Waals surface area contributed by atoms with Crippen molar-refractivity contribution < 1.29 is 14.3 Å². The first kappa shape index (κ1) is 24.6. The zero-order chi connectivity index (χ0) is 27.0. The number of amides is 2. The van der Waals surface area contributed by atoms with Gasteiger partial charge in [-0.25, -0.2) is 0 Å². The van der Waals surface area contributed by atoms with E-state index in [1.165, 1.54) is 10.8 Å². The number of nitrogens with zero attached hydrogens (tertiary/aromatic N) is 5. The first-order chi connectivity index (χ1) is 19.0. The third-order valence-electron chi connectivity index (χ3n) is 7.94. The van der Waals surface area contributed by atoms with E-state index in [0.29, 0.717) is 49.5 Å². The summed E-state index contributed by atoms with van der Waals surface area (Å²) in [5, 5.41) is 6.83. The number of carbonyl (C=O) groups is 2. The first-order valence-electron chi connectivity index (χ1n) is 12.9. The Balaban J connectivity index is 1.13. The Morgan fingerprint density at radius 1 is 0.974 bits per heavy atom. The maximum absolute atomic E-state index is 13.7. The molecule has 2 amide bonds. The lowest BCUT2D eigenvalue weighted by molar-refractivity contribution is -0.127. The van der Waals surface area contributed by atoms with E-state index in [9.17, 15) is 14.4 Å². The van der Waals surface area contributed by atoms with Gasteiger partial charge >= 0.3 is 0 Å². The number of aromatic amines is 1. The van der Waals surface area contributed by atoms with E-state index in [4.69, 9.17) is 4.74 Å². The molecule has 2 aliphatic heterocycles. The van der Waals surface area contributed by atoms with Crippen LogP contribution in [0.3, 0.4) is 0 Å². The van der Waals surface area contributed by atoms with Crippen LogP contribution in [0.4, 0.5) is 5.69 Å². The van der Waals surface area contributed by atoms with Crippen LogP contribution >= 0.6 is 0 Å². The molecule has 0 aliphatic carbocycles. The van der Waals surface area contributed by atoms with Crippen LogP contribution in [0.5, 0.6) is 5.75 Å². The van der Waals surface area contributed by atoms with E-state index in [1.807, 2.05) is 28.0 Å². The molecule has 1 spiro atoms. The minimum absolute atomic E-state index is 0.0691.